The number of nitrogens with zero attached hydrogens (tertiary/aromatic N) is 1. The third-order valence-corrected chi connectivity index (χ3v) is 4.46. The van der Waals surface area contributed by atoms with Gasteiger partial charge in [-0.15, -0.1) is 11.8 Å². The average molecular weight is 285 g/mol. The number of thioether (sulfide) groups is 1. The Morgan fingerprint density at radius 2 is 2.11 bits per heavy atom. The Balaban J connectivity index is 1.99. The van der Waals surface area contributed by atoms with E-state index in [0.717, 1.165) is 30.8 Å². The van der Waals surface area contributed by atoms with Gasteiger partial charge in [-0.25, -0.2) is 0 Å². The van der Waals surface area contributed by atoms with Crippen molar-refractivity contribution in [3.05, 3.63) is 23.2 Å². The Morgan fingerprint density at radius 1 is 1.44 bits per heavy atom. The molecule has 0 saturated carbocycles. The predicted octanol–water partition coefficient (Wildman–Crippen LogP) is 3.03. The van der Waals surface area contributed by atoms with Gasteiger partial charge in [0.25, 0.3) is 0 Å². The molecular formula is C13H17ClN2OS. The fraction of sp³-hybridized carbons (Fsp3) is 0.462. The van der Waals surface area contributed by atoms with Crippen LogP contribution in [-0.2, 0) is 4.79 Å². The third-order valence-electron chi connectivity index (χ3n) is 3.05. The van der Waals surface area contributed by atoms with Crippen LogP contribution < -0.4 is 5.73 Å². The van der Waals surface area contributed by atoms with Crippen LogP contribution in [0.5, 0.6) is 0 Å². The summed E-state index contributed by atoms with van der Waals surface area (Å²) in [5.41, 5.74) is 6.23. The van der Waals surface area contributed by atoms with Gasteiger partial charge in [-0.05, 0) is 38.0 Å². The topological polar surface area (TPSA) is 46.3 Å². The second kappa shape index (κ2) is 5.85. The number of amides is 1. The van der Waals surface area contributed by atoms with E-state index in [1.807, 2.05) is 24.0 Å². The highest BCUT2D eigenvalue weighted by atomic mass is 35.5. The zero-order valence-corrected chi connectivity index (χ0v) is 11.9. The van der Waals surface area contributed by atoms with Crippen LogP contribution in [0.1, 0.15) is 19.8 Å². The lowest BCUT2D eigenvalue weighted by atomic mass is 10.3. The molecule has 18 heavy (non-hydrogen) atoms. The summed E-state index contributed by atoms with van der Waals surface area (Å²) >= 11 is 7.50. The van der Waals surface area contributed by atoms with Gasteiger partial charge in [-0.3, -0.25) is 4.79 Å². The molecule has 1 aromatic rings. The van der Waals surface area contributed by atoms with Gasteiger partial charge in [0.1, 0.15) is 0 Å². The Labute approximate surface area is 117 Å². The largest absolute Gasteiger partial charge is 0.398 e. The molecule has 2 rings (SSSR count). The zero-order valence-electron chi connectivity index (χ0n) is 10.4. The van der Waals surface area contributed by atoms with Gasteiger partial charge in [-0.1, -0.05) is 11.6 Å². The molecule has 0 radical (unpaired) electrons. The van der Waals surface area contributed by atoms with Crippen LogP contribution in [0.4, 0.5) is 5.69 Å². The Hall–Kier alpha value is -0.870. The number of carbonyl (C=O) groups excluding carboxylic acids is 1. The molecular weight excluding hydrogens is 268 g/mol. The maximum Gasteiger partial charge on any atom is 0.235 e. The van der Waals surface area contributed by atoms with Gasteiger partial charge >= 0.3 is 0 Å². The fourth-order valence-corrected chi connectivity index (χ4v) is 3.27. The molecule has 1 heterocycles. The second-order valence-corrected chi connectivity index (χ2v) is 6.30. The molecule has 1 atom stereocenters. The van der Waals surface area contributed by atoms with Crippen molar-refractivity contribution in [3.8, 4) is 0 Å². The van der Waals surface area contributed by atoms with Crippen molar-refractivity contribution in [1.82, 2.24) is 4.90 Å². The first-order chi connectivity index (χ1) is 8.58. The van der Waals surface area contributed by atoms with Crippen molar-refractivity contribution in [2.24, 2.45) is 0 Å². The lowest BCUT2D eigenvalue weighted by molar-refractivity contribution is -0.129. The number of nitrogen functional groups attached to an aromatic ring is 1. The summed E-state index contributed by atoms with van der Waals surface area (Å²) in [6.07, 6.45) is 2.24. The summed E-state index contributed by atoms with van der Waals surface area (Å²) < 4.78 is 0. The van der Waals surface area contributed by atoms with E-state index < -0.39 is 0 Å². The number of benzene rings is 1. The molecule has 5 heteroatoms. The third kappa shape index (κ3) is 3.12. The molecule has 0 aromatic heterocycles. The average Bonchev–Trinajstić information content (AvgIpc) is 2.86. The SMILES string of the molecule is CC(Sc1ccc(N)c(Cl)c1)C(=O)N1CCCC1. The van der Waals surface area contributed by atoms with E-state index in [0.29, 0.717) is 10.7 Å². The minimum atomic E-state index is -0.0807. The number of nitrogens with two attached hydrogens (primary N) is 1. The quantitative estimate of drug-likeness (QED) is 0.685. The van der Waals surface area contributed by atoms with Gasteiger partial charge in [0, 0.05) is 18.0 Å². The molecule has 0 spiro atoms. The maximum atomic E-state index is 12.1. The van der Waals surface area contributed by atoms with Crippen LogP contribution in [0.2, 0.25) is 5.02 Å². The number of hydrogen-bond donors (Lipinski definition) is 1. The van der Waals surface area contributed by atoms with Gasteiger partial charge in [0.15, 0.2) is 0 Å². The van der Waals surface area contributed by atoms with Crippen molar-refractivity contribution in [2.75, 3.05) is 18.8 Å². The predicted molar refractivity (Wildman–Crippen MR) is 77.0 cm³/mol. The number of carbonyl (C=O) groups is 1. The Kier molecular flexibility index (Phi) is 4.40. The molecule has 1 aromatic carbocycles. The van der Waals surface area contributed by atoms with E-state index in [2.05, 4.69) is 0 Å². The molecule has 1 aliphatic rings. The monoisotopic (exact) mass is 284 g/mol. The summed E-state index contributed by atoms with van der Waals surface area (Å²) in [6, 6.07) is 5.49. The number of hydrogen-bond acceptors (Lipinski definition) is 3. The summed E-state index contributed by atoms with van der Waals surface area (Å²) in [5.74, 6) is 0.213. The number of halogens is 1. The van der Waals surface area contributed by atoms with Crippen LogP contribution in [0.15, 0.2) is 23.1 Å². The summed E-state index contributed by atoms with van der Waals surface area (Å²) in [7, 11) is 0. The molecule has 0 bridgehead atoms. The van der Waals surface area contributed by atoms with E-state index in [-0.39, 0.29) is 11.2 Å². The van der Waals surface area contributed by atoms with Crippen LogP contribution in [-0.4, -0.2) is 29.1 Å². The van der Waals surface area contributed by atoms with Crippen molar-refractivity contribution in [1.29, 1.82) is 0 Å². The van der Waals surface area contributed by atoms with Crippen LogP contribution in [0.3, 0.4) is 0 Å². The second-order valence-electron chi connectivity index (χ2n) is 4.48. The van der Waals surface area contributed by atoms with Crippen molar-refractivity contribution < 1.29 is 4.79 Å². The minimum Gasteiger partial charge on any atom is -0.398 e. The van der Waals surface area contributed by atoms with Crippen LogP contribution in [0, 0.1) is 0 Å². The van der Waals surface area contributed by atoms with Gasteiger partial charge in [0.05, 0.1) is 16.0 Å². The number of rotatable bonds is 3. The molecule has 1 saturated heterocycles. The van der Waals surface area contributed by atoms with Crippen molar-refractivity contribution in [2.45, 2.75) is 29.9 Å². The molecule has 2 N–H and O–H groups in total. The zero-order chi connectivity index (χ0) is 13.1. The molecule has 1 fully saturated rings. The van der Waals surface area contributed by atoms with Crippen LogP contribution >= 0.6 is 23.4 Å². The normalized spacial score (nSPS) is 16.9. The standard InChI is InChI=1S/C13H17ClN2OS/c1-9(13(17)16-6-2-3-7-16)18-10-4-5-12(15)11(14)8-10/h4-5,8-9H,2-3,6-7,15H2,1H3. The smallest absolute Gasteiger partial charge is 0.235 e. The summed E-state index contributed by atoms with van der Waals surface area (Å²) in [4.78, 5) is 15.1. The van der Waals surface area contributed by atoms with Crippen molar-refractivity contribution >= 4 is 35.0 Å². The van der Waals surface area contributed by atoms with E-state index in [4.69, 9.17) is 17.3 Å². The molecule has 1 aliphatic heterocycles. The van der Waals surface area contributed by atoms with E-state index >= 15 is 0 Å². The summed E-state index contributed by atoms with van der Waals surface area (Å²) in [6.45, 7) is 3.73. The first-order valence-corrected chi connectivity index (χ1v) is 7.34. The molecule has 98 valence electrons. The van der Waals surface area contributed by atoms with Crippen LogP contribution in [0.25, 0.3) is 0 Å². The molecule has 1 amide bonds. The number of likely N-dealkylation sites (tertiary alicyclic amines) is 1. The first-order valence-electron chi connectivity index (χ1n) is 6.08. The highest BCUT2D eigenvalue weighted by molar-refractivity contribution is 8.00. The molecule has 3 nitrogen and oxygen atoms in total. The van der Waals surface area contributed by atoms with E-state index in [1.165, 1.54) is 11.8 Å². The van der Waals surface area contributed by atoms with Crippen molar-refractivity contribution in [3.63, 3.8) is 0 Å². The highest BCUT2D eigenvalue weighted by Gasteiger charge is 2.23. The molecule has 0 aliphatic carbocycles. The summed E-state index contributed by atoms with van der Waals surface area (Å²) in [5, 5.41) is 0.462. The Morgan fingerprint density at radius 3 is 2.72 bits per heavy atom. The first kappa shape index (κ1) is 13.6. The Bertz CT molecular complexity index is 447. The lowest BCUT2D eigenvalue weighted by Crippen LogP contribution is -2.33. The molecule has 1 unspecified atom stereocenters. The van der Waals surface area contributed by atoms with Gasteiger partial charge in [0.2, 0.25) is 5.91 Å². The van der Waals surface area contributed by atoms with E-state index in [9.17, 15) is 4.79 Å². The van der Waals surface area contributed by atoms with Gasteiger partial charge in [-0.2, -0.15) is 0 Å². The van der Waals surface area contributed by atoms with E-state index in [1.54, 1.807) is 6.07 Å². The van der Waals surface area contributed by atoms with Gasteiger partial charge < -0.3 is 10.6 Å². The fourth-order valence-electron chi connectivity index (χ4n) is 2.03. The maximum absolute atomic E-state index is 12.1. The minimum absolute atomic E-state index is 0.0807. The lowest BCUT2D eigenvalue weighted by Gasteiger charge is -2.20. The number of anilines is 1. The highest BCUT2D eigenvalue weighted by Crippen LogP contribution is 2.30.